The molecule has 122 valence electrons. The van der Waals surface area contributed by atoms with Crippen molar-refractivity contribution in [3.05, 3.63) is 58.7 Å². The first kappa shape index (κ1) is 16.4. The average molecular weight is 359 g/mol. The lowest BCUT2D eigenvalue weighted by Crippen LogP contribution is -2.18. The van der Waals surface area contributed by atoms with E-state index in [4.69, 9.17) is 11.6 Å². The van der Waals surface area contributed by atoms with Gasteiger partial charge in [-0.2, -0.15) is 0 Å². The highest BCUT2D eigenvalue weighted by Gasteiger charge is 2.06. The molecule has 1 amide bonds. The second kappa shape index (κ2) is 7.42. The van der Waals surface area contributed by atoms with E-state index >= 15 is 0 Å². The molecule has 2 heterocycles. The topological polar surface area (TPSA) is 66.9 Å². The molecule has 0 spiro atoms. The van der Waals surface area contributed by atoms with Crippen LogP contribution >= 0.6 is 22.9 Å². The molecular weight excluding hydrogens is 344 g/mol. The lowest BCUT2D eigenvalue weighted by Gasteiger charge is -2.04. The van der Waals surface area contributed by atoms with Crippen LogP contribution in [0.25, 0.3) is 11.3 Å². The number of hydrogen-bond acceptors (Lipinski definition) is 5. The maximum absolute atomic E-state index is 10.9. The third-order valence-electron chi connectivity index (χ3n) is 3.27. The molecule has 2 aromatic heterocycles. The monoisotopic (exact) mass is 358 g/mol. The molecule has 24 heavy (non-hydrogen) atoms. The smallest absolute Gasteiger partial charge is 0.217 e. The zero-order chi connectivity index (χ0) is 16.9. The number of nitrogens with zero attached hydrogens (tertiary/aromatic N) is 2. The Bertz CT molecular complexity index is 831. The van der Waals surface area contributed by atoms with Crippen LogP contribution in [0.4, 0.5) is 10.8 Å². The molecule has 0 atom stereocenters. The summed E-state index contributed by atoms with van der Waals surface area (Å²) in [4.78, 5) is 19.5. The number of nitrogens with one attached hydrogen (secondary N) is 2. The van der Waals surface area contributed by atoms with Gasteiger partial charge in [-0.25, -0.2) is 9.97 Å². The lowest BCUT2D eigenvalue weighted by molar-refractivity contribution is -0.119. The molecule has 3 aromatic rings. The van der Waals surface area contributed by atoms with Crippen molar-refractivity contribution >= 4 is 39.7 Å². The fourth-order valence-electron chi connectivity index (χ4n) is 2.06. The summed E-state index contributed by atoms with van der Waals surface area (Å²) in [5.41, 5.74) is 3.82. The fraction of sp³-hybridized carbons (Fsp3) is 0.118. The first-order valence-electron chi connectivity index (χ1n) is 7.28. The molecule has 0 aliphatic heterocycles. The second-order valence-electron chi connectivity index (χ2n) is 5.14. The number of rotatable bonds is 5. The predicted molar refractivity (Wildman–Crippen MR) is 97.6 cm³/mol. The quantitative estimate of drug-likeness (QED) is 0.669. The van der Waals surface area contributed by atoms with Crippen molar-refractivity contribution in [2.75, 3.05) is 5.32 Å². The normalized spacial score (nSPS) is 10.4. The predicted octanol–water partition coefficient (Wildman–Crippen LogP) is 4.24. The summed E-state index contributed by atoms with van der Waals surface area (Å²) in [7, 11) is 0. The van der Waals surface area contributed by atoms with Crippen LogP contribution < -0.4 is 10.6 Å². The van der Waals surface area contributed by atoms with Gasteiger partial charge in [0.15, 0.2) is 5.13 Å². The van der Waals surface area contributed by atoms with E-state index in [0.29, 0.717) is 11.7 Å². The van der Waals surface area contributed by atoms with Crippen molar-refractivity contribution in [2.45, 2.75) is 13.5 Å². The molecule has 3 rings (SSSR count). The number of amides is 1. The standard InChI is InChI=1S/C17H15ClN4OS/c1-11(23)19-8-12-2-4-13(5-3-12)15-10-24-17(22-15)21-14-6-7-16(18)20-9-14/h2-7,9-10H,8H2,1H3,(H,19,23)(H,21,22). The van der Waals surface area contributed by atoms with Gasteiger partial charge in [0.2, 0.25) is 5.91 Å². The van der Waals surface area contributed by atoms with Crippen LogP contribution in [0.2, 0.25) is 5.15 Å². The van der Waals surface area contributed by atoms with E-state index in [2.05, 4.69) is 20.6 Å². The summed E-state index contributed by atoms with van der Waals surface area (Å²) >= 11 is 7.30. The van der Waals surface area contributed by atoms with Crippen molar-refractivity contribution in [2.24, 2.45) is 0 Å². The molecule has 7 heteroatoms. The number of benzene rings is 1. The van der Waals surface area contributed by atoms with E-state index in [-0.39, 0.29) is 5.91 Å². The summed E-state index contributed by atoms with van der Waals surface area (Å²) in [5.74, 6) is -0.0361. The number of halogens is 1. The van der Waals surface area contributed by atoms with E-state index in [0.717, 1.165) is 27.6 Å². The van der Waals surface area contributed by atoms with E-state index < -0.39 is 0 Å². The third-order valence-corrected chi connectivity index (χ3v) is 4.26. The largest absolute Gasteiger partial charge is 0.352 e. The highest BCUT2D eigenvalue weighted by atomic mass is 35.5. The number of hydrogen-bond donors (Lipinski definition) is 2. The van der Waals surface area contributed by atoms with Crippen molar-refractivity contribution in [1.29, 1.82) is 0 Å². The number of thiazole rings is 1. The minimum Gasteiger partial charge on any atom is -0.352 e. The minimum atomic E-state index is -0.0361. The Hall–Kier alpha value is -2.44. The Morgan fingerprint density at radius 1 is 1.21 bits per heavy atom. The SMILES string of the molecule is CC(=O)NCc1ccc(-c2csc(Nc3ccc(Cl)nc3)n2)cc1. The molecule has 0 bridgehead atoms. The van der Waals surface area contributed by atoms with Gasteiger partial charge < -0.3 is 10.6 Å². The van der Waals surface area contributed by atoms with Crippen molar-refractivity contribution in [3.8, 4) is 11.3 Å². The van der Waals surface area contributed by atoms with E-state index in [9.17, 15) is 4.79 Å². The zero-order valence-corrected chi connectivity index (χ0v) is 14.5. The van der Waals surface area contributed by atoms with Gasteiger partial charge in [-0.3, -0.25) is 4.79 Å². The van der Waals surface area contributed by atoms with Gasteiger partial charge in [-0.15, -0.1) is 11.3 Å². The van der Waals surface area contributed by atoms with E-state index in [1.165, 1.54) is 18.3 Å². The van der Waals surface area contributed by atoms with E-state index in [1.54, 1.807) is 12.3 Å². The summed E-state index contributed by atoms with van der Waals surface area (Å²) in [5, 5.41) is 9.22. The Kier molecular flexibility index (Phi) is 5.08. The Labute approximate surface area is 148 Å². The van der Waals surface area contributed by atoms with Crippen molar-refractivity contribution in [1.82, 2.24) is 15.3 Å². The average Bonchev–Trinajstić information content (AvgIpc) is 3.04. The first-order valence-corrected chi connectivity index (χ1v) is 8.54. The van der Waals surface area contributed by atoms with Gasteiger partial charge in [-0.1, -0.05) is 35.9 Å². The van der Waals surface area contributed by atoms with Gasteiger partial charge in [0.05, 0.1) is 17.6 Å². The number of carbonyl (C=O) groups excluding carboxylic acids is 1. The summed E-state index contributed by atoms with van der Waals surface area (Å²) in [6.07, 6.45) is 1.67. The second-order valence-corrected chi connectivity index (χ2v) is 6.38. The van der Waals surface area contributed by atoms with Crippen LogP contribution in [0.15, 0.2) is 48.0 Å². The van der Waals surface area contributed by atoms with Crippen LogP contribution in [0.5, 0.6) is 0 Å². The zero-order valence-electron chi connectivity index (χ0n) is 12.9. The van der Waals surface area contributed by atoms with Gasteiger partial charge in [0.25, 0.3) is 0 Å². The highest BCUT2D eigenvalue weighted by Crippen LogP contribution is 2.27. The molecule has 0 radical (unpaired) electrons. The molecule has 0 saturated carbocycles. The van der Waals surface area contributed by atoms with Crippen molar-refractivity contribution < 1.29 is 4.79 Å². The molecule has 0 aliphatic rings. The maximum atomic E-state index is 10.9. The molecule has 0 fully saturated rings. The van der Waals surface area contributed by atoms with Gasteiger partial charge in [-0.05, 0) is 17.7 Å². The molecular formula is C17H15ClN4OS. The summed E-state index contributed by atoms with van der Waals surface area (Å²) < 4.78 is 0. The number of pyridine rings is 1. The van der Waals surface area contributed by atoms with Crippen LogP contribution in [0, 0.1) is 0 Å². The highest BCUT2D eigenvalue weighted by molar-refractivity contribution is 7.14. The van der Waals surface area contributed by atoms with Crippen LogP contribution in [-0.2, 0) is 11.3 Å². The van der Waals surface area contributed by atoms with E-state index in [1.807, 2.05) is 35.7 Å². The first-order chi connectivity index (χ1) is 11.6. The van der Waals surface area contributed by atoms with Crippen LogP contribution in [0.1, 0.15) is 12.5 Å². The Morgan fingerprint density at radius 3 is 2.67 bits per heavy atom. The molecule has 0 unspecified atom stereocenters. The number of carbonyl (C=O) groups is 1. The molecule has 0 aliphatic carbocycles. The Morgan fingerprint density at radius 2 is 2.00 bits per heavy atom. The van der Waals surface area contributed by atoms with Crippen LogP contribution in [-0.4, -0.2) is 15.9 Å². The Balaban J connectivity index is 1.68. The minimum absolute atomic E-state index is 0.0361. The third kappa shape index (κ3) is 4.31. The number of aromatic nitrogens is 2. The molecule has 1 aromatic carbocycles. The lowest BCUT2D eigenvalue weighted by atomic mass is 10.1. The van der Waals surface area contributed by atoms with Gasteiger partial charge in [0, 0.05) is 24.4 Å². The molecule has 0 saturated heterocycles. The van der Waals surface area contributed by atoms with Gasteiger partial charge >= 0.3 is 0 Å². The molecule has 2 N–H and O–H groups in total. The number of anilines is 2. The molecule has 5 nitrogen and oxygen atoms in total. The van der Waals surface area contributed by atoms with Crippen LogP contribution in [0.3, 0.4) is 0 Å². The van der Waals surface area contributed by atoms with Gasteiger partial charge in [0.1, 0.15) is 5.15 Å². The fourth-order valence-corrected chi connectivity index (χ4v) is 2.91. The van der Waals surface area contributed by atoms with Crippen molar-refractivity contribution in [3.63, 3.8) is 0 Å². The maximum Gasteiger partial charge on any atom is 0.217 e. The summed E-state index contributed by atoms with van der Waals surface area (Å²) in [6.45, 7) is 2.04. The summed E-state index contributed by atoms with van der Waals surface area (Å²) in [6, 6.07) is 11.6.